The fourth-order valence-electron chi connectivity index (χ4n) is 2.33. The molecule has 0 unspecified atom stereocenters. The van der Waals surface area contributed by atoms with Crippen LogP contribution in [0.1, 0.15) is 17.0 Å². The first-order chi connectivity index (χ1) is 10.8. The average Bonchev–Trinajstić information content (AvgIpc) is 2.56. The first kappa shape index (κ1) is 13.8. The fraction of sp³-hybridized carbons (Fsp3) is 0.0556. The lowest BCUT2D eigenvalue weighted by Crippen LogP contribution is -2.09. The molecule has 2 aromatic carbocycles. The second-order valence-electron chi connectivity index (χ2n) is 4.91. The van der Waals surface area contributed by atoms with Gasteiger partial charge in [-0.3, -0.25) is 4.79 Å². The summed E-state index contributed by atoms with van der Waals surface area (Å²) >= 11 is 0. The number of nitriles is 1. The van der Waals surface area contributed by atoms with Crippen LogP contribution in [0.4, 0.5) is 0 Å². The molecule has 0 radical (unpaired) electrons. The van der Waals surface area contributed by atoms with Crippen LogP contribution >= 0.6 is 0 Å². The minimum atomic E-state index is -0.149. The zero-order valence-electron chi connectivity index (χ0n) is 11.8. The van der Waals surface area contributed by atoms with Crippen molar-refractivity contribution in [2.75, 3.05) is 0 Å². The van der Waals surface area contributed by atoms with E-state index in [4.69, 9.17) is 5.26 Å². The fourth-order valence-corrected chi connectivity index (χ4v) is 2.33. The summed E-state index contributed by atoms with van der Waals surface area (Å²) < 4.78 is 0. The van der Waals surface area contributed by atoms with Gasteiger partial charge in [0, 0.05) is 18.7 Å². The van der Waals surface area contributed by atoms with E-state index < -0.39 is 0 Å². The summed E-state index contributed by atoms with van der Waals surface area (Å²) in [5, 5.41) is 9.16. The van der Waals surface area contributed by atoms with Crippen molar-refractivity contribution in [3.63, 3.8) is 0 Å². The van der Waals surface area contributed by atoms with Gasteiger partial charge >= 0.3 is 0 Å². The van der Waals surface area contributed by atoms with Gasteiger partial charge in [-0.15, -0.1) is 0 Å². The van der Waals surface area contributed by atoms with E-state index in [9.17, 15) is 4.79 Å². The lowest BCUT2D eigenvalue weighted by atomic mass is 9.99. The summed E-state index contributed by atoms with van der Waals surface area (Å²) in [6, 6.07) is 19.0. The van der Waals surface area contributed by atoms with Gasteiger partial charge in [-0.2, -0.15) is 5.26 Å². The molecular weight excluding hydrogens is 274 g/mol. The van der Waals surface area contributed by atoms with Gasteiger partial charge in [-0.1, -0.05) is 42.5 Å². The van der Waals surface area contributed by atoms with Crippen LogP contribution in [0.2, 0.25) is 0 Å². The summed E-state index contributed by atoms with van der Waals surface area (Å²) in [7, 11) is 0. The van der Waals surface area contributed by atoms with Gasteiger partial charge in [-0.25, -0.2) is 4.98 Å². The molecule has 0 saturated heterocycles. The quantitative estimate of drug-likeness (QED) is 0.805. The number of benzene rings is 2. The van der Waals surface area contributed by atoms with E-state index in [2.05, 4.69) is 16.0 Å². The van der Waals surface area contributed by atoms with Crippen molar-refractivity contribution >= 4 is 0 Å². The molecule has 0 bridgehead atoms. The second kappa shape index (κ2) is 6.06. The third-order valence-electron chi connectivity index (χ3n) is 3.41. The molecule has 0 spiro atoms. The largest absolute Gasteiger partial charge is 0.310 e. The van der Waals surface area contributed by atoms with Gasteiger partial charge in [0.2, 0.25) is 0 Å². The van der Waals surface area contributed by atoms with Crippen LogP contribution < -0.4 is 5.56 Å². The number of H-pyrrole nitrogens is 1. The molecule has 1 heterocycles. The van der Waals surface area contributed by atoms with E-state index in [1.807, 2.05) is 48.5 Å². The Labute approximate surface area is 127 Å². The summed E-state index contributed by atoms with van der Waals surface area (Å²) in [6.07, 6.45) is 2.07. The van der Waals surface area contributed by atoms with E-state index in [0.29, 0.717) is 17.8 Å². The highest BCUT2D eigenvalue weighted by Gasteiger charge is 2.04. The van der Waals surface area contributed by atoms with Crippen LogP contribution in [-0.2, 0) is 6.42 Å². The topological polar surface area (TPSA) is 69.5 Å². The molecule has 4 heteroatoms. The van der Waals surface area contributed by atoms with Crippen molar-refractivity contribution in [3.8, 4) is 17.2 Å². The first-order valence-corrected chi connectivity index (χ1v) is 6.89. The van der Waals surface area contributed by atoms with E-state index in [1.165, 1.54) is 12.3 Å². The minimum absolute atomic E-state index is 0.149. The Hall–Kier alpha value is -3.19. The number of aromatic amines is 1. The highest BCUT2D eigenvalue weighted by atomic mass is 16.1. The maximum atomic E-state index is 11.3. The molecule has 4 nitrogen and oxygen atoms in total. The van der Waals surface area contributed by atoms with Gasteiger partial charge in [-0.05, 0) is 22.8 Å². The molecule has 0 aliphatic carbocycles. The molecule has 22 heavy (non-hydrogen) atoms. The molecule has 0 amide bonds. The number of hydrogen-bond donors (Lipinski definition) is 1. The summed E-state index contributed by atoms with van der Waals surface area (Å²) in [6.45, 7) is 0. The van der Waals surface area contributed by atoms with Crippen molar-refractivity contribution in [3.05, 3.63) is 88.1 Å². The zero-order chi connectivity index (χ0) is 15.4. The van der Waals surface area contributed by atoms with Crippen molar-refractivity contribution in [2.45, 2.75) is 6.42 Å². The van der Waals surface area contributed by atoms with Crippen molar-refractivity contribution in [2.24, 2.45) is 0 Å². The molecule has 0 aliphatic rings. The zero-order valence-corrected chi connectivity index (χ0v) is 11.8. The molecule has 1 aromatic heterocycles. The third kappa shape index (κ3) is 2.94. The van der Waals surface area contributed by atoms with E-state index in [0.717, 1.165) is 16.7 Å². The van der Waals surface area contributed by atoms with Crippen LogP contribution in [0.25, 0.3) is 11.1 Å². The minimum Gasteiger partial charge on any atom is -0.310 e. The SMILES string of the molecule is N#Cc1ccccc1-c1ccc(Cc2nccc(=O)[nH]2)cc1. The molecule has 0 aliphatic heterocycles. The van der Waals surface area contributed by atoms with Crippen LogP contribution in [0, 0.1) is 11.3 Å². The van der Waals surface area contributed by atoms with Crippen LogP contribution in [-0.4, -0.2) is 9.97 Å². The molecule has 1 N–H and O–H groups in total. The first-order valence-electron chi connectivity index (χ1n) is 6.89. The normalized spacial score (nSPS) is 10.1. The summed E-state index contributed by atoms with van der Waals surface area (Å²) in [4.78, 5) is 18.1. The highest BCUT2D eigenvalue weighted by Crippen LogP contribution is 2.23. The van der Waals surface area contributed by atoms with Gasteiger partial charge in [0.15, 0.2) is 0 Å². The Morgan fingerprint density at radius 2 is 1.82 bits per heavy atom. The lowest BCUT2D eigenvalue weighted by molar-refractivity contribution is 0.946. The molecule has 3 aromatic rings. The molecule has 106 valence electrons. The monoisotopic (exact) mass is 287 g/mol. The summed E-state index contributed by atoms with van der Waals surface area (Å²) in [5.41, 5.74) is 3.47. The Morgan fingerprint density at radius 3 is 2.55 bits per heavy atom. The number of nitrogens with one attached hydrogen (secondary N) is 1. The Bertz CT molecular complexity index is 889. The number of rotatable bonds is 3. The second-order valence-corrected chi connectivity index (χ2v) is 4.91. The third-order valence-corrected chi connectivity index (χ3v) is 3.41. The van der Waals surface area contributed by atoms with Crippen molar-refractivity contribution in [1.29, 1.82) is 5.26 Å². The number of aromatic nitrogens is 2. The molecule has 3 rings (SSSR count). The van der Waals surface area contributed by atoms with E-state index >= 15 is 0 Å². The van der Waals surface area contributed by atoms with Gasteiger partial charge in [0.25, 0.3) is 5.56 Å². The summed E-state index contributed by atoms with van der Waals surface area (Å²) in [5.74, 6) is 0.637. The predicted octanol–water partition coefficient (Wildman–Crippen LogP) is 2.90. The predicted molar refractivity (Wildman–Crippen MR) is 84.3 cm³/mol. The van der Waals surface area contributed by atoms with Crippen molar-refractivity contribution in [1.82, 2.24) is 9.97 Å². The van der Waals surface area contributed by atoms with Crippen molar-refractivity contribution < 1.29 is 0 Å². The Balaban J connectivity index is 1.87. The molecule has 0 saturated carbocycles. The average molecular weight is 287 g/mol. The van der Waals surface area contributed by atoms with Crippen LogP contribution in [0.3, 0.4) is 0 Å². The Morgan fingerprint density at radius 1 is 1.05 bits per heavy atom. The maximum absolute atomic E-state index is 11.3. The van der Waals surface area contributed by atoms with Crippen LogP contribution in [0.5, 0.6) is 0 Å². The standard InChI is InChI=1S/C18H13N3O/c19-12-15-3-1-2-4-16(15)14-7-5-13(6-8-14)11-17-20-10-9-18(22)21-17/h1-10H,11H2,(H,20,21,22). The van der Waals surface area contributed by atoms with Gasteiger partial charge in [0.1, 0.15) is 5.82 Å². The smallest absolute Gasteiger partial charge is 0.250 e. The van der Waals surface area contributed by atoms with Gasteiger partial charge < -0.3 is 4.98 Å². The van der Waals surface area contributed by atoms with E-state index in [1.54, 1.807) is 0 Å². The Kier molecular flexibility index (Phi) is 3.80. The van der Waals surface area contributed by atoms with Gasteiger partial charge in [0.05, 0.1) is 11.6 Å². The highest BCUT2D eigenvalue weighted by molar-refractivity contribution is 5.70. The van der Waals surface area contributed by atoms with E-state index in [-0.39, 0.29) is 5.56 Å². The molecular formula is C18H13N3O. The lowest BCUT2D eigenvalue weighted by Gasteiger charge is -2.06. The maximum Gasteiger partial charge on any atom is 0.250 e. The number of hydrogen-bond acceptors (Lipinski definition) is 3. The van der Waals surface area contributed by atoms with Crippen LogP contribution in [0.15, 0.2) is 65.6 Å². The number of nitrogens with zero attached hydrogens (tertiary/aromatic N) is 2. The molecule has 0 fully saturated rings. The molecule has 0 atom stereocenters.